The molecule has 10 heteroatoms. The van der Waals surface area contributed by atoms with Crippen LogP contribution in [-0.2, 0) is 12.6 Å². The van der Waals surface area contributed by atoms with Crippen molar-refractivity contribution in [1.29, 1.82) is 0 Å². The molecule has 27 heavy (non-hydrogen) atoms. The zero-order valence-electron chi connectivity index (χ0n) is 14.7. The number of carbonyl (C=O) groups excluding carboxylic acids is 1. The normalized spacial score (nSPS) is 16.5. The molecule has 146 valence electrons. The third-order valence-corrected chi connectivity index (χ3v) is 4.24. The molecule has 2 aromatic rings. The second kappa shape index (κ2) is 7.55. The minimum Gasteiger partial charge on any atom is -0.468 e. The van der Waals surface area contributed by atoms with Crippen molar-refractivity contribution in [3.05, 3.63) is 41.6 Å². The van der Waals surface area contributed by atoms with Crippen molar-refractivity contribution in [3.8, 4) is 0 Å². The average Bonchev–Trinajstić information content (AvgIpc) is 3.08. The molecule has 3 rings (SSSR count). The summed E-state index contributed by atoms with van der Waals surface area (Å²) in [5, 5.41) is 0. The van der Waals surface area contributed by atoms with Gasteiger partial charge < -0.3 is 20.0 Å². The molecule has 1 atom stereocenters. The smallest absolute Gasteiger partial charge is 0.419 e. The highest BCUT2D eigenvalue weighted by Crippen LogP contribution is 2.28. The van der Waals surface area contributed by atoms with Crippen LogP contribution in [-0.4, -0.2) is 53.0 Å². The average molecular weight is 383 g/mol. The van der Waals surface area contributed by atoms with E-state index in [0.717, 1.165) is 12.4 Å². The molecule has 1 aliphatic rings. The number of alkyl halides is 3. The molecule has 1 saturated heterocycles. The Labute approximate surface area is 154 Å². The number of nitrogens with two attached hydrogens (primary N) is 1. The van der Waals surface area contributed by atoms with Crippen LogP contribution in [0.15, 0.2) is 29.1 Å². The Balaban J connectivity index is 1.58. The number of anilines is 1. The molecular formula is C17H20F3N5O2. The molecule has 7 nitrogen and oxygen atoms in total. The quantitative estimate of drug-likeness (QED) is 0.868. The molecule has 2 N–H and O–H groups in total. The second-order valence-electron chi connectivity index (χ2n) is 6.53. The maximum atomic E-state index is 12.6. The largest absolute Gasteiger partial charge is 0.468 e. The molecule has 0 bridgehead atoms. The molecule has 3 heterocycles. The maximum absolute atomic E-state index is 12.6. The van der Waals surface area contributed by atoms with E-state index in [1.54, 1.807) is 15.9 Å². The van der Waals surface area contributed by atoms with Gasteiger partial charge in [-0.05, 0) is 13.0 Å². The first-order chi connectivity index (χ1) is 12.7. The third kappa shape index (κ3) is 4.57. The summed E-state index contributed by atoms with van der Waals surface area (Å²) in [4.78, 5) is 23.6. The summed E-state index contributed by atoms with van der Waals surface area (Å²) in [7, 11) is 0. The first-order valence-corrected chi connectivity index (χ1v) is 8.50. The van der Waals surface area contributed by atoms with Crippen LogP contribution in [0.3, 0.4) is 0 Å². The van der Waals surface area contributed by atoms with E-state index in [1.165, 1.54) is 6.26 Å². The van der Waals surface area contributed by atoms with Crippen molar-refractivity contribution < 1.29 is 22.4 Å². The van der Waals surface area contributed by atoms with E-state index in [0.29, 0.717) is 43.9 Å². The van der Waals surface area contributed by atoms with E-state index >= 15 is 0 Å². The summed E-state index contributed by atoms with van der Waals surface area (Å²) >= 11 is 0. The van der Waals surface area contributed by atoms with Crippen LogP contribution >= 0.6 is 0 Å². The van der Waals surface area contributed by atoms with E-state index in [9.17, 15) is 18.0 Å². The topological polar surface area (TPSA) is 88.5 Å². The minimum atomic E-state index is -4.46. The van der Waals surface area contributed by atoms with E-state index in [2.05, 4.69) is 9.97 Å². The van der Waals surface area contributed by atoms with Crippen molar-refractivity contribution in [2.75, 3.05) is 31.1 Å². The van der Waals surface area contributed by atoms with Gasteiger partial charge in [0.15, 0.2) is 0 Å². The number of aromatic nitrogens is 2. The summed E-state index contributed by atoms with van der Waals surface area (Å²) in [5.41, 5.74) is 5.30. The Morgan fingerprint density at radius 3 is 2.44 bits per heavy atom. The van der Waals surface area contributed by atoms with Crippen molar-refractivity contribution >= 4 is 11.9 Å². The van der Waals surface area contributed by atoms with Crippen molar-refractivity contribution in [3.63, 3.8) is 0 Å². The fraction of sp³-hybridized carbons (Fsp3) is 0.471. The number of furan rings is 1. The van der Waals surface area contributed by atoms with E-state index < -0.39 is 11.7 Å². The fourth-order valence-corrected chi connectivity index (χ4v) is 2.84. The third-order valence-electron chi connectivity index (χ3n) is 4.24. The molecule has 1 fully saturated rings. The Morgan fingerprint density at radius 2 is 1.89 bits per heavy atom. The molecule has 1 unspecified atom stereocenters. The number of rotatable bonds is 4. The van der Waals surface area contributed by atoms with Gasteiger partial charge in [-0.2, -0.15) is 13.2 Å². The van der Waals surface area contributed by atoms with Gasteiger partial charge in [-0.1, -0.05) is 0 Å². The van der Waals surface area contributed by atoms with Crippen LogP contribution in [0.5, 0.6) is 0 Å². The zero-order valence-corrected chi connectivity index (χ0v) is 14.7. The second-order valence-corrected chi connectivity index (χ2v) is 6.53. The highest BCUT2D eigenvalue weighted by molar-refractivity contribution is 5.94. The Hall–Kier alpha value is -2.62. The first-order valence-electron chi connectivity index (χ1n) is 8.50. The van der Waals surface area contributed by atoms with Gasteiger partial charge in [-0.15, -0.1) is 0 Å². The van der Waals surface area contributed by atoms with Gasteiger partial charge in [0.05, 0.1) is 11.1 Å². The Morgan fingerprint density at radius 1 is 1.26 bits per heavy atom. The monoisotopic (exact) mass is 383 g/mol. The number of halogens is 3. The van der Waals surface area contributed by atoms with Crippen LogP contribution in [0.2, 0.25) is 0 Å². The summed E-state index contributed by atoms with van der Waals surface area (Å²) in [6, 6.07) is 1.63. The number of amides is 1. The number of piperazine rings is 1. The molecule has 0 aromatic carbocycles. The lowest BCUT2D eigenvalue weighted by Crippen LogP contribution is -2.49. The predicted octanol–water partition coefficient (Wildman–Crippen LogP) is 1.94. The molecule has 0 saturated carbocycles. The lowest BCUT2D eigenvalue weighted by molar-refractivity contribution is -0.138. The van der Waals surface area contributed by atoms with Gasteiger partial charge in [0, 0.05) is 51.0 Å². The van der Waals surface area contributed by atoms with Crippen molar-refractivity contribution in [1.82, 2.24) is 14.9 Å². The Kier molecular flexibility index (Phi) is 5.36. The standard InChI is InChI=1S/C17H20F3N5O2/c1-11(21)6-14-7-12(10-27-14)15(26)24-2-4-25(5-3-24)16-22-8-13(9-23-16)17(18,19)20/h7-11H,2-6,21H2,1H3. The van der Waals surface area contributed by atoms with Crippen LogP contribution in [0.4, 0.5) is 19.1 Å². The highest BCUT2D eigenvalue weighted by Gasteiger charge is 2.32. The summed E-state index contributed by atoms with van der Waals surface area (Å²) in [6.07, 6.45) is -0.955. The first kappa shape index (κ1) is 19.2. The summed E-state index contributed by atoms with van der Waals surface area (Å²) < 4.78 is 43.1. The molecule has 0 spiro atoms. The van der Waals surface area contributed by atoms with E-state index in [4.69, 9.17) is 10.2 Å². The molecule has 0 aliphatic carbocycles. The summed E-state index contributed by atoms with van der Waals surface area (Å²) in [6.45, 7) is 3.55. The number of hydrogen-bond donors (Lipinski definition) is 1. The number of hydrogen-bond acceptors (Lipinski definition) is 6. The zero-order chi connectivity index (χ0) is 19.6. The van der Waals surface area contributed by atoms with Gasteiger partial charge in [0.1, 0.15) is 12.0 Å². The van der Waals surface area contributed by atoms with Crippen LogP contribution in [0.25, 0.3) is 0 Å². The van der Waals surface area contributed by atoms with Gasteiger partial charge in [-0.25, -0.2) is 9.97 Å². The van der Waals surface area contributed by atoms with Gasteiger partial charge in [0.2, 0.25) is 5.95 Å². The molecule has 0 radical (unpaired) electrons. The van der Waals surface area contributed by atoms with E-state index in [1.807, 2.05) is 6.92 Å². The van der Waals surface area contributed by atoms with Gasteiger partial charge in [0.25, 0.3) is 5.91 Å². The van der Waals surface area contributed by atoms with Crippen LogP contribution in [0.1, 0.15) is 28.6 Å². The minimum absolute atomic E-state index is 0.0635. The van der Waals surface area contributed by atoms with Crippen LogP contribution in [0, 0.1) is 0 Å². The SMILES string of the molecule is CC(N)Cc1cc(C(=O)N2CCN(c3ncc(C(F)(F)F)cn3)CC2)co1. The Bertz CT molecular complexity index is 781. The van der Waals surface area contributed by atoms with Crippen molar-refractivity contribution in [2.45, 2.75) is 25.6 Å². The lowest BCUT2D eigenvalue weighted by atomic mass is 10.2. The predicted molar refractivity (Wildman–Crippen MR) is 91.2 cm³/mol. The molecule has 2 aromatic heterocycles. The molecule has 1 aliphatic heterocycles. The van der Waals surface area contributed by atoms with Gasteiger partial charge >= 0.3 is 6.18 Å². The maximum Gasteiger partial charge on any atom is 0.419 e. The number of carbonyl (C=O) groups is 1. The molecule has 1 amide bonds. The fourth-order valence-electron chi connectivity index (χ4n) is 2.84. The number of nitrogens with zero attached hydrogens (tertiary/aromatic N) is 4. The molecular weight excluding hydrogens is 363 g/mol. The summed E-state index contributed by atoms with van der Waals surface area (Å²) in [5.74, 6) is 0.727. The lowest BCUT2D eigenvalue weighted by Gasteiger charge is -2.34. The van der Waals surface area contributed by atoms with Crippen LogP contribution < -0.4 is 10.6 Å². The van der Waals surface area contributed by atoms with Gasteiger partial charge in [-0.3, -0.25) is 4.79 Å². The highest BCUT2D eigenvalue weighted by atomic mass is 19.4. The van der Waals surface area contributed by atoms with Crippen molar-refractivity contribution in [2.24, 2.45) is 5.73 Å². The van der Waals surface area contributed by atoms with E-state index in [-0.39, 0.29) is 17.9 Å².